The van der Waals surface area contributed by atoms with Gasteiger partial charge in [-0.05, 0) is 17.7 Å². The monoisotopic (exact) mass is 206 g/mol. The standard InChI is InChI=1S/C12H14O3/c1-14-11-4-2-9(3-5-11)8-15-12-6-10(13)7-12/h2-5,12H,6-8H2,1H3. The molecule has 0 N–H and O–H groups in total. The van der Waals surface area contributed by atoms with Crippen LogP contribution in [0.4, 0.5) is 0 Å². The molecule has 0 amide bonds. The molecular weight excluding hydrogens is 192 g/mol. The zero-order chi connectivity index (χ0) is 10.7. The normalized spacial score (nSPS) is 16.2. The summed E-state index contributed by atoms with van der Waals surface area (Å²) >= 11 is 0. The number of carbonyl (C=O) groups excluding carboxylic acids is 1. The quantitative estimate of drug-likeness (QED) is 0.755. The molecule has 1 aromatic rings. The van der Waals surface area contributed by atoms with Crippen LogP contribution in [0.3, 0.4) is 0 Å². The van der Waals surface area contributed by atoms with Gasteiger partial charge in [-0.25, -0.2) is 0 Å². The molecule has 15 heavy (non-hydrogen) atoms. The van der Waals surface area contributed by atoms with Gasteiger partial charge in [-0.1, -0.05) is 12.1 Å². The largest absolute Gasteiger partial charge is 0.497 e. The van der Waals surface area contributed by atoms with Crippen LogP contribution in [0.5, 0.6) is 5.75 Å². The molecule has 0 atom stereocenters. The van der Waals surface area contributed by atoms with Crippen molar-refractivity contribution in [3.8, 4) is 5.75 Å². The molecule has 0 unspecified atom stereocenters. The first-order valence-electron chi connectivity index (χ1n) is 5.04. The van der Waals surface area contributed by atoms with Crippen molar-refractivity contribution in [2.75, 3.05) is 7.11 Å². The van der Waals surface area contributed by atoms with Gasteiger partial charge in [-0.3, -0.25) is 4.79 Å². The predicted octanol–water partition coefficient (Wildman–Crippen LogP) is 1.94. The molecule has 80 valence electrons. The van der Waals surface area contributed by atoms with E-state index in [2.05, 4.69) is 0 Å². The lowest BCUT2D eigenvalue weighted by Crippen LogP contribution is -2.31. The highest BCUT2D eigenvalue weighted by atomic mass is 16.5. The Morgan fingerprint density at radius 2 is 1.93 bits per heavy atom. The van der Waals surface area contributed by atoms with Crippen LogP contribution in [0.2, 0.25) is 0 Å². The number of carbonyl (C=O) groups is 1. The molecule has 1 aliphatic carbocycles. The third-order valence-corrected chi connectivity index (χ3v) is 2.56. The molecule has 0 saturated heterocycles. The van der Waals surface area contributed by atoms with Crippen LogP contribution in [0, 0.1) is 0 Å². The van der Waals surface area contributed by atoms with Crippen LogP contribution in [-0.4, -0.2) is 19.0 Å². The lowest BCUT2D eigenvalue weighted by Gasteiger charge is -2.24. The Labute approximate surface area is 89.0 Å². The number of Topliss-reactive ketones (excluding diaryl/α,β-unsaturated/α-hetero) is 1. The lowest BCUT2D eigenvalue weighted by molar-refractivity contribution is -0.135. The maximum atomic E-state index is 10.7. The van der Waals surface area contributed by atoms with Crippen LogP contribution in [-0.2, 0) is 16.1 Å². The molecule has 0 heterocycles. The van der Waals surface area contributed by atoms with Crippen molar-refractivity contribution in [1.82, 2.24) is 0 Å². The maximum Gasteiger partial charge on any atom is 0.138 e. The third-order valence-electron chi connectivity index (χ3n) is 2.56. The van der Waals surface area contributed by atoms with Crippen molar-refractivity contribution in [2.24, 2.45) is 0 Å². The van der Waals surface area contributed by atoms with E-state index < -0.39 is 0 Å². The minimum atomic E-state index is 0.139. The fourth-order valence-electron chi connectivity index (χ4n) is 1.50. The predicted molar refractivity (Wildman–Crippen MR) is 55.8 cm³/mol. The Kier molecular flexibility index (Phi) is 3.02. The molecule has 2 rings (SSSR count). The van der Waals surface area contributed by atoms with Gasteiger partial charge in [0.25, 0.3) is 0 Å². The van der Waals surface area contributed by atoms with Gasteiger partial charge in [-0.2, -0.15) is 0 Å². The summed E-state index contributed by atoms with van der Waals surface area (Å²) in [6.45, 7) is 0.571. The molecule has 3 heteroatoms. The van der Waals surface area contributed by atoms with E-state index in [-0.39, 0.29) is 6.10 Å². The number of ether oxygens (including phenoxy) is 2. The summed E-state index contributed by atoms with van der Waals surface area (Å²) < 4.78 is 10.6. The first-order valence-corrected chi connectivity index (χ1v) is 5.04. The van der Waals surface area contributed by atoms with E-state index in [9.17, 15) is 4.79 Å². The van der Waals surface area contributed by atoms with Crippen LogP contribution in [0.25, 0.3) is 0 Å². The van der Waals surface area contributed by atoms with Gasteiger partial charge in [0.1, 0.15) is 11.5 Å². The van der Waals surface area contributed by atoms with E-state index in [1.165, 1.54) is 0 Å². The number of hydrogen-bond acceptors (Lipinski definition) is 3. The summed E-state index contributed by atoms with van der Waals surface area (Å²) in [6.07, 6.45) is 1.30. The van der Waals surface area contributed by atoms with Crippen LogP contribution < -0.4 is 4.74 Å². The molecule has 0 radical (unpaired) electrons. The summed E-state index contributed by atoms with van der Waals surface area (Å²) in [7, 11) is 1.64. The number of rotatable bonds is 4. The smallest absolute Gasteiger partial charge is 0.138 e. The average molecular weight is 206 g/mol. The van der Waals surface area contributed by atoms with Crippen molar-refractivity contribution in [2.45, 2.75) is 25.6 Å². The third kappa shape index (κ3) is 2.57. The summed E-state index contributed by atoms with van der Waals surface area (Å²) in [5.41, 5.74) is 1.11. The highest BCUT2D eigenvalue weighted by Gasteiger charge is 2.26. The molecule has 1 saturated carbocycles. The maximum absolute atomic E-state index is 10.7. The van der Waals surface area contributed by atoms with Crippen LogP contribution in [0.1, 0.15) is 18.4 Å². The van der Waals surface area contributed by atoms with Gasteiger partial charge < -0.3 is 9.47 Å². The van der Waals surface area contributed by atoms with Crippen LogP contribution in [0.15, 0.2) is 24.3 Å². The van der Waals surface area contributed by atoms with Gasteiger partial charge in [0.15, 0.2) is 0 Å². The topological polar surface area (TPSA) is 35.5 Å². The van der Waals surface area contributed by atoms with E-state index in [0.717, 1.165) is 11.3 Å². The molecule has 0 bridgehead atoms. The Hall–Kier alpha value is -1.35. The first kappa shape index (κ1) is 10.2. The van der Waals surface area contributed by atoms with Gasteiger partial charge in [-0.15, -0.1) is 0 Å². The second kappa shape index (κ2) is 4.45. The average Bonchev–Trinajstić information content (AvgIpc) is 2.23. The van der Waals surface area contributed by atoms with Gasteiger partial charge in [0, 0.05) is 12.8 Å². The van der Waals surface area contributed by atoms with Crippen molar-refractivity contribution < 1.29 is 14.3 Å². The first-order chi connectivity index (χ1) is 7.28. The van der Waals surface area contributed by atoms with E-state index >= 15 is 0 Å². The van der Waals surface area contributed by atoms with Crippen molar-refractivity contribution >= 4 is 5.78 Å². The zero-order valence-corrected chi connectivity index (χ0v) is 8.73. The Bertz CT molecular complexity index is 334. The molecule has 0 aromatic heterocycles. The number of ketones is 1. The molecule has 0 aliphatic heterocycles. The van der Waals surface area contributed by atoms with Crippen molar-refractivity contribution in [3.05, 3.63) is 29.8 Å². The van der Waals surface area contributed by atoms with Crippen molar-refractivity contribution in [3.63, 3.8) is 0 Å². The van der Waals surface area contributed by atoms with Gasteiger partial charge >= 0.3 is 0 Å². The van der Waals surface area contributed by atoms with Gasteiger partial charge in [0.05, 0.1) is 19.8 Å². The Morgan fingerprint density at radius 1 is 1.27 bits per heavy atom. The summed E-state index contributed by atoms with van der Waals surface area (Å²) in [5, 5.41) is 0. The molecule has 1 fully saturated rings. The number of methoxy groups -OCH3 is 1. The fourth-order valence-corrected chi connectivity index (χ4v) is 1.50. The summed E-state index contributed by atoms with van der Waals surface area (Å²) in [5.74, 6) is 1.15. The molecule has 1 aliphatic rings. The molecular formula is C12H14O3. The second-order valence-corrected chi connectivity index (χ2v) is 3.73. The van der Waals surface area contributed by atoms with E-state index in [1.54, 1.807) is 7.11 Å². The molecule has 0 spiro atoms. The van der Waals surface area contributed by atoms with Gasteiger partial charge in [0.2, 0.25) is 0 Å². The van der Waals surface area contributed by atoms with Crippen molar-refractivity contribution in [1.29, 1.82) is 0 Å². The van der Waals surface area contributed by atoms with E-state index in [0.29, 0.717) is 25.2 Å². The van der Waals surface area contributed by atoms with E-state index in [1.807, 2.05) is 24.3 Å². The Morgan fingerprint density at radius 3 is 2.47 bits per heavy atom. The minimum absolute atomic E-state index is 0.139. The number of hydrogen-bond donors (Lipinski definition) is 0. The number of benzene rings is 1. The second-order valence-electron chi connectivity index (χ2n) is 3.73. The highest BCUT2D eigenvalue weighted by molar-refractivity contribution is 5.85. The van der Waals surface area contributed by atoms with Crippen LogP contribution >= 0.6 is 0 Å². The summed E-state index contributed by atoms with van der Waals surface area (Å²) in [6, 6.07) is 7.76. The Balaban J connectivity index is 1.80. The zero-order valence-electron chi connectivity index (χ0n) is 8.73. The highest BCUT2D eigenvalue weighted by Crippen LogP contribution is 2.20. The fraction of sp³-hybridized carbons (Fsp3) is 0.417. The molecule has 3 nitrogen and oxygen atoms in total. The van der Waals surface area contributed by atoms with E-state index in [4.69, 9.17) is 9.47 Å². The SMILES string of the molecule is COc1ccc(COC2CC(=O)C2)cc1. The molecule has 1 aromatic carbocycles. The lowest BCUT2D eigenvalue weighted by atomic mass is 9.94. The summed E-state index contributed by atoms with van der Waals surface area (Å²) in [4.78, 5) is 10.7. The minimum Gasteiger partial charge on any atom is -0.497 e.